The highest BCUT2D eigenvalue weighted by atomic mass is 16.4. The molecule has 0 aliphatic heterocycles. The topological polar surface area (TPSA) is 54.4 Å². The fourth-order valence-corrected chi connectivity index (χ4v) is 0.944. The van der Waals surface area contributed by atoms with Gasteiger partial charge >= 0.3 is 5.97 Å². The fraction of sp³-hybridized carbons (Fsp3) is 0.250. The van der Waals surface area contributed by atoms with Crippen molar-refractivity contribution in [3.63, 3.8) is 0 Å². The Bertz CT molecular complexity index is 238. The van der Waals surface area contributed by atoms with Gasteiger partial charge in [0.2, 0.25) is 0 Å². The third kappa shape index (κ3) is 1.77. The maximum absolute atomic E-state index is 10.4. The highest BCUT2D eigenvalue weighted by Crippen LogP contribution is 2.14. The molecule has 3 nitrogen and oxygen atoms in total. The van der Waals surface area contributed by atoms with E-state index >= 15 is 0 Å². The predicted molar refractivity (Wildman–Crippen MR) is 39.0 cm³/mol. The van der Waals surface area contributed by atoms with Crippen molar-refractivity contribution >= 4 is 12.3 Å². The van der Waals surface area contributed by atoms with Crippen LogP contribution in [0.4, 0.5) is 0 Å². The van der Waals surface area contributed by atoms with Crippen LogP contribution in [-0.4, -0.2) is 17.4 Å². The second kappa shape index (κ2) is 3.14. The van der Waals surface area contributed by atoms with E-state index in [-0.39, 0.29) is 11.5 Å². The Balaban J connectivity index is 2.79. The Hall–Kier alpha value is -1.38. The van der Waals surface area contributed by atoms with Crippen molar-refractivity contribution in [3.8, 4) is 0 Å². The fourth-order valence-electron chi connectivity index (χ4n) is 0.944. The number of carboxylic acid groups (broad SMARTS) is 1. The molecule has 0 amide bonds. The summed E-state index contributed by atoms with van der Waals surface area (Å²) in [4.78, 5) is 20.6. The number of aldehydes is 1. The van der Waals surface area contributed by atoms with Crippen LogP contribution in [0.25, 0.3) is 0 Å². The molecule has 0 fully saturated rings. The third-order valence-electron chi connectivity index (χ3n) is 1.52. The van der Waals surface area contributed by atoms with Gasteiger partial charge < -0.3 is 9.90 Å². The standard InChI is InChI=1S/C8H8O3/c9-5-6-2-1-3-7(4-6)8(10)11/h1,3-6H,2H2,(H,10,11). The van der Waals surface area contributed by atoms with Crippen molar-refractivity contribution in [1.29, 1.82) is 0 Å². The van der Waals surface area contributed by atoms with Crippen LogP contribution in [0.3, 0.4) is 0 Å². The van der Waals surface area contributed by atoms with Gasteiger partial charge in [-0.05, 0) is 6.42 Å². The predicted octanol–water partition coefficient (Wildman–Crippen LogP) is 0.772. The molecule has 1 N–H and O–H groups in total. The summed E-state index contributed by atoms with van der Waals surface area (Å²) in [5.41, 5.74) is 0.202. The average Bonchev–Trinajstić information content (AvgIpc) is 2.05. The van der Waals surface area contributed by atoms with E-state index < -0.39 is 5.97 Å². The van der Waals surface area contributed by atoms with Gasteiger partial charge in [-0.15, -0.1) is 0 Å². The lowest BCUT2D eigenvalue weighted by molar-refractivity contribution is -0.132. The molecule has 0 heterocycles. The largest absolute Gasteiger partial charge is 0.478 e. The Morgan fingerprint density at radius 1 is 1.73 bits per heavy atom. The molecule has 0 spiro atoms. The van der Waals surface area contributed by atoms with Crippen LogP contribution < -0.4 is 0 Å². The summed E-state index contributed by atoms with van der Waals surface area (Å²) in [6.07, 6.45) is 6.05. The molecular formula is C8H8O3. The minimum atomic E-state index is -0.979. The maximum atomic E-state index is 10.4. The Kier molecular flexibility index (Phi) is 2.21. The second-order valence-corrected chi connectivity index (χ2v) is 2.37. The quantitative estimate of drug-likeness (QED) is 0.594. The minimum Gasteiger partial charge on any atom is -0.478 e. The van der Waals surface area contributed by atoms with Gasteiger partial charge in [-0.3, -0.25) is 0 Å². The lowest BCUT2D eigenvalue weighted by Gasteiger charge is -2.06. The average molecular weight is 152 g/mol. The van der Waals surface area contributed by atoms with Gasteiger partial charge in [0.15, 0.2) is 0 Å². The maximum Gasteiger partial charge on any atom is 0.335 e. The van der Waals surface area contributed by atoms with Crippen LogP contribution in [-0.2, 0) is 9.59 Å². The molecule has 0 saturated heterocycles. The first kappa shape index (κ1) is 7.72. The zero-order chi connectivity index (χ0) is 8.27. The van der Waals surface area contributed by atoms with Gasteiger partial charge in [0.05, 0.1) is 5.57 Å². The van der Waals surface area contributed by atoms with Gasteiger partial charge in [0.25, 0.3) is 0 Å². The van der Waals surface area contributed by atoms with Crippen LogP contribution in [0.15, 0.2) is 23.8 Å². The minimum absolute atomic E-state index is 0.202. The molecule has 1 unspecified atom stereocenters. The van der Waals surface area contributed by atoms with E-state index in [4.69, 9.17) is 5.11 Å². The lowest BCUT2D eigenvalue weighted by atomic mass is 9.98. The Labute approximate surface area is 64.0 Å². The molecule has 1 atom stereocenters. The smallest absolute Gasteiger partial charge is 0.335 e. The summed E-state index contributed by atoms with van der Waals surface area (Å²) in [5, 5.41) is 8.52. The van der Waals surface area contributed by atoms with Crippen molar-refractivity contribution < 1.29 is 14.7 Å². The first-order chi connectivity index (χ1) is 5.24. The van der Waals surface area contributed by atoms with Crippen LogP contribution in [0.1, 0.15) is 6.42 Å². The van der Waals surface area contributed by atoms with Crippen molar-refractivity contribution in [1.82, 2.24) is 0 Å². The number of hydrogen-bond donors (Lipinski definition) is 1. The van der Waals surface area contributed by atoms with Crippen molar-refractivity contribution in [2.45, 2.75) is 6.42 Å². The number of aliphatic carboxylic acids is 1. The molecule has 58 valence electrons. The molecule has 3 heteroatoms. The van der Waals surface area contributed by atoms with E-state index in [9.17, 15) is 9.59 Å². The molecule has 1 aliphatic carbocycles. The van der Waals surface area contributed by atoms with Gasteiger partial charge in [0.1, 0.15) is 6.29 Å². The summed E-state index contributed by atoms with van der Waals surface area (Å²) in [7, 11) is 0. The number of rotatable bonds is 2. The number of hydrogen-bond acceptors (Lipinski definition) is 2. The first-order valence-electron chi connectivity index (χ1n) is 3.31. The van der Waals surface area contributed by atoms with Crippen molar-refractivity contribution in [2.24, 2.45) is 5.92 Å². The Morgan fingerprint density at radius 2 is 2.45 bits per heavy atom. The second-order valence-electron chi connectivity index (χ2n) is 2.37. The molecular weight excluding hydrogens is 144 g/mol. The number of allylic oxidation sites excluding steroid dienone is 2. The normalized spacial score (nSPS) is 22.5. The third-order valence-corrected chi connectivity index (χ3v) is 1.52. The number of carbonyl (C=O) groups excluding carboxylic acids is 1. The van der Waals surface area contributed by atoms with E-state index in [0.717, 1.165) is 6.29 Å². The van der Waals surface area contributed by atoms with Gasteiger partial charge in [-0.2, -0.15) is 0 Å². The summed E-state index contributed by atoms with van der Waals surface area (Å²) >= 11 is 0. The highest BCUT2D eigenvalue weighted by Gasteiger charge is 2.11. The van der Waals surface area contributed by atoms with Crippen LogP contribution >= 0.6 is 0 Å². The zero-order valence-corrected chi connectivity index (χ0v) is 5.86. The molecule has 0 bridgehead atoms. The summed E-state index contributed by atoms with van der Waals surface area (Å²) in [6, 6.07) is 0. The molecule has 0 aromatic heterocycles. The molecule has 1 rings (SSSR count). The van der Waals surface area contributed by atoms with E-state index in [1.54, 1.807) is 6.08 Å². The molecule has 1 aliphatic rings. The molecule has 0 saturated carbocycles. The molecule has 0 aromatic rings. The lowest BCUT2D eigenvalue weighted by Crippen LogP contribution is -2.07. The highest BCUT2D eigenvalue weighted by molar-refractivity contribution is 5.90. The van der Waals surface area contributed by atoms with Crippen LogP contribution in [0, 0.1) is 5.92 Å². The van der Waals surface area contributed by atoms with Gasteiger partial charge in [-0.25, -0.2) is 4.79 Å². The zero-order valence-electron chi connectivity index (χ0n) is 5.86. The van der Waals surface area contributed by atoms with Crippen molar-refractivity contribution in [3.05, 3.63) is 23.8 Å². The number of carboxylic acids is 1. The SMILES string of the molecule is O=CC1C=C(C(=O)O)C=CC1. The van der Waals surface area contributed by atoms with Crippen LogP contribution in [0.2, 0.25) is 0 Å². The van der Waals surface area contributed by atoms with Gasteiger partial charge in [-0.1, -0.05) is 18.2 Å². The Morgan fingerprint density at radius 3 is 3.00 bits per heavy atom. The van der Waals surface area contributed by atoms with E-state index in [1.165, 1.54) is 12.2 Å². The van der Waals surface area contributed by atoms with Gasteiger partial charge in [0, 0.05) is 5.92 Å². The van der Waals surface area contributed by atoms with E-state index in [0.29, 0.717) is 6.42 Å². The van der Waals surface area contributed by atoms with E-state index in [2.05, 4.69) is 0 Å². The summed E-state index contributed by atoms with van der Waals surface area (Å²) < 4.78 is 0. The van der Waals surface area contributed by atoms with Crippen molar-refractivity contribution in [2.75, 3.05) is 0 Å². The summed E-state index contributed by atoms with van der Waals surface area (Å²) in [5.74, 6) is -1.24. The molecule has 11 heavy (non-hydrogen) atoms. The van der Waals surface area contributed by atoms with E-state index in [1.807, 2.05) is 0 Å². The molecule has 0 aromatic carbocycles. The number of carbonyl (C=O) groups is 2. The molecule has 0 radical (unpaired) electrons. The monoisotopic (exact) mass is 152 g/mol. The van der Waals surface area contributed by atoms with Crippen LogP contribution in [0.5, 0.6) is 0 Å². The first-order valence-corrected chi connectivity index (χ1v) is 3.31. The summed E-state index contributed by atoms with van der Waals surface area (Å²) in [6.45, 7) is 0.